The molecule has 0 spiro atoms. The maximum absolute atomic E-state index is 5.71. The molecule has 0 bridgehead atoms. The Balaban J connectivity index is 2.02. The standard InChI is InChI=1S/C12H17NO2/c1-14-8-9-15-12-11-5-3-2-4-10(11)6-7-13-12/h2-5,12-13H,6-9H2,1H3. The number of methoxy groups -OCH3 is 1. The molecular formula is C12H17NO2. The molecule has 2 rings (SSSR count). The van der Waals surface area contributed by atoms with Crippen molar-refractivity contribution in [2.24, 2.45) is 0 Å². The lowest BCUT2D eigenvalue weighted by Gasteiger charge is -2.26. The summed E-state index contributed by atoms with van der Waals surface area (Å²) in [5, 5.41) is 3.36. The molecule has 1 aliphatic rings. The summed E-state index contributed by atoms with van der Waals surface area (Å²) in [4.78, 5) is 0. The van der Waals surface area contributed by atoms with E-state index in [1.165, 1.54) is 11.1 Å². The van der Waals surface area contributed by atoms with E-state index in [1.807, 2.05) is 0 Å². The predicted octanol–water partition coefficient (Wildman–Crippen LogP) is 1.49. The Morgan fingerprint density at radius 2 is 2.20 bits per heavy atom. The summed E-state index contributed by atoms with van der Waals surface area (Å²) in [7, 11) is 1.69. The van der Waals surface area contributed by atoms with Crippen LogP contribution in [0, 0.1) is 0 Å². The summed E-state index contributed by atoms with van der Waals surface area (Å²) >= 11 is 0. The zero-order valence-electron chi connectivity index (χ0n) is 9.03. The SMILES string of the molecule is COCCOC1NCCc2ccccc21. The van der Waals surface area contributed by atoms with Crippen molar-refractivity contribution in [3.63, 3.8) is 0 Å². The Bertz CT molecular complexity index is 314. The minimum atomic E-state index is 0.0325. The van der Waals surface area contributed by atoms with Gasteiger partial charge in [0, 0.05) is 13.7 Å². The van der Waals surface area contributed by atoms with E-state index in [2.05, 4.69) is 29.6 Å². The van der Waals surface area contributed by atoms with Gasteiger partial charge >= 0.3 is 0 Å². The lowest BCUT2D eigenvalue weighted by molar-refractivity contribution is -0.00453. The van der Waals surface area contributed by atoms with Gasteiger partial charge in [0.25, 0.3) is 0 Å². The number of nitrogens with one attached hydrogen (secondary N) is 1. The third-order valence-electron chi connectivity index (χ3n) is 2.63. The third-order valence-corrected chi connectivity index (χ3v) is 2.63. The molecule has 15 heavy (non-hydrogen) atoms. The Kier molecular flexibility index (Phi) is 3.72. The highest BCUT2D eigenvalue weighted by molar-refractivity contribution is 5.30. The predicted molar refractivity (Wildman–Crippen MR) is 58.7 cm³/mol. The topological polar surface area (TPSA) is 30.5 Å². The maximum atomic E-state index is 5.71. The van der Waals surface area contributed by atoms with Crippen LogP contribution < -0.4 is 5.32 Å². The van der Waals surface area contributed by atoms with E-state index in [4.69, 9.17) is 9.47 Å². The van der Waals surface area contributed by atoms with Gasteiger partial charge in [0.05, 0.1) is 13.2 Å². The highest BCUT2D eigenvalue weighted by atomic mass is 16.5. The molecule has 0 aromatic heterocycles. The summed E-state index contributed by atoms with van der Waals surface area (Å²) in [6.45, 7) is 2.25. The van der Waals surface area contributed by atoms with Gasteiger partial charge in [-0.15, -0.1) is 0 Å². The summed E-state index contributed by atoms with van der Waals surface area (Å²) in [6, 6.07) is 8.43. The third kappa shape index (κ3) is 2.56. The van der Waals surface area contributed by atoms with Crippen LogP contribution in [0.25, 0.3) is 0 Å². The van der Waals surface area contributed by atoms with Crippen LogP contribution >= 0.6 is 0 Å². The van der Waals surface area contributed by atoms with Gasteiger partial charge < -0.3 is 9.47 Å². The van der Waals surface area contributed by atoms with Gasteiger partial charge in [0.1, 0.15) is 6.23 Å². The van der Waals surface area contributed by atoms with Gasteiger partial charge in [-0.05, 0) is 17.5 Å². The van der Waals surface area contributed by atoms with E-state index in [0.29, 0.717) is 13.2 Å². The van der Waals surface area contributed by atoms with Crippen molar-refractivity contribution < 1.29 is 9.47 Å². The van der Waals surface area contributed by atoms with Crippen LogP contribution in [-0.4, -0.2) is 26.9 Å². The molecule has 1 unspecified atom stereocenters. The molecule has 82 valence electrons. The molecule has 0 saturated heterocycles. The van der Waals surface area contributed by atoms with Crippen LogP contribution in [0.3, 0.4) is 0 Å². The Hall–Kier alpha value is -0.900. The van der Waals surface area contributed by atoms with E-state index in [0.717, 1.165) is 13.0 Å². The van der Waals surface area contributed by atoms with Crippen LogP contribution in [0.4, 0.5) is 0 Å². The van der Waals surface area contributed by atoms with Crippen molar-refractivity contribution in [2.75, 3.05) is 26.9 Å². The summed E-state index contributed by atoms with van der Waals surface area (Å²) in [6.07, 6.45) is 1.12. The summed E-state index contributed by atoms with van der Waals surface area (Å²) in [5.74, 6) is 0. The molecule has 1 aromatic rings. The van der Waals surface area contributed by atoms with E-state index in [-0.39, 0.29) is 6.23 Å². The van der Waals surface area contributed by atoms with E-state index >= 15 is 0 Å². The molecule has 1 N–H and O–H groups in total. The van der Waals surface area contributed by atoms with Gasteiger partial charge in [0.2, 0.25) is 0 Å². The van der Waals surface area contributed by atoms with E-state index < -0.39 is 0 Å². The van der Waals surface area contributed by atoms with Gasteiger partial charge in [-0.1, -0.05) is 24.3 Å². The number of ether oxygens (including phenoxy) is 2. The van der Waals surface area contributed by atoms with Crippen molar-refractivity contribution in [1.29, 1.82) is 0 Å². The lowest BCUT2D eigenvalue weighted by Crippen LogP contribution is -2.32. The van der Waals surface area contributed by atoms with Crippen LogP contribution in [0.15, 0.2) is 24.3 Å². The van der Waals surface area contributed by atoms with Crippen molar-refractivity contribution >= 4 is 0 Å². The van der Waals surface area contributed by atoms with Gasteiger partial charge in [-0.3, -0.25) is 5.32 Å². The van der Waals surface area contributed by atoms with Crippen LogP contribution in [0.2, 0.25) is 0 Å². The molecule has 3 heteroatoms. The van der Waals surface area contributed by atoms with E-state index in [9.17, 15) is 0 Å². The first kappa shape index (κ1) is 10.6. The highest BCUT2D eigenvalue weighted by Crippen LogP contribution is 2.23. The van der Waals surface area contributed by atoms with Crippen LogP contribution in [0.5, 0.6) is 0 Å². The minimum Gasteiger partial charge on any atom is -0.382 e. The first-order valence-corrected chi connectivity index (χ1v) is 5.33. The van der Waals surface area contributed by atoms with Crippen LogP contribution in [-0.2, 0) is 15.9 Å². The van der Waals surface area contributed by atoms with Crippen molar-refractivity contribution in [3.05, 3.63) is 35.4 Å². The number of hydrogen-bond acceptors (Lipinski definition) is 3. The largest absolute Gasteiger partial charge is 0.382 e. The first-order chi connectivity index (χ1) is 7.42. The number of fused-ring (bicyclic) bond motifs is 1. The first-order valence-electron chi connectivity index (χ1n) is 5.33. The normalized spacial score (nSPS) is 19.9. The average molecular weight is 207 g/mol. The van der Waals surface area contributed by atoms with Gasteiger partial charge in [-0.2, -0.15) is 0 Å². The maximum Gasteiger partial charge on any atom is 0.134 e. The number of rotatable bonds is 4. The van der Waals surface area contributed by atoms with Crippen molar-refractivity contribution in [3.8, 4) is 0 Å². The highest BCUT2D eigenvalue weighted by Gasteiger charge is 2.18. The molecule has 3 nitrogen and oxygen atoms in total. The van der Waals surface area contributed by atoms with Gasteiger partial charge in [0.15, 0.2) is 0 Å². The number of hydrogen-bond donors (Lipinski definition) is 1. The zero-order chi connectivity index (χ0) is 10.5. The lowest BCUT2D eigenvalue weighted by atomic mass is 10.00. The smallest absolute Gasteiger partial charge is 0.134 e. The van der Waals surface area contributed by atoms with Crippen LogP contribution in [0.1, 0.15) is 17.4 Å². The summed E-state index contributed by atoms with van der Waals surface area (Å²) in [5.41, 5.74) is 2.65. The number of benzene rings is 1. The molecule has 1 heterocycles. The molecule has 0 saturated carbocycles. The Morgan fingerprint density at radius 1 is 1.33 bits per heavy atom. The van der Waals surface area contributed by atoms with Crippen molar-refractivity contribution in [2.45, 2.75) is 12.6 Å². The molecule has 1 aliphatic heterocycles. The fraction of sp³-hybridized carbons (Fsp3) is 0.500. The van der Waals surface area contributed by atoms with Gasteiger partial charge in [-0.25, -0.2) is 0 Å². The molecule has 0 aliphatic carbocycles. The second-order valence-electron chi connectivity index (χ2n) is 3.65. The second-order valence-corrected chi connectivity index (χ2v) is 3.65. The molecule has 0 amide bonds. The second kappa shape index (κ2) is 5.26. The fourth-order valence-electron chi connectivity index (χ4n) is 1.86. The Morgan fingerprint density at radius 3 is 3.07 bits per heavy atom. The average Bonchev–Trinajstić information content (AvgIpc) is 2.30. The molecular weight excluding hydrogens is 190 g/mol. The minimum absolute atomic E-state index is 0.0325. The molecule has 1 atom stereocenters. The van der Waals surface area contributed by atoms with Crippen molar-refractivity contribution in [1.82, 2.24) is 5.32 Å². The monoisotopic (exact) mass is 207 g/mol. The molecule has 0 fully saturated rings. The molecule has 1 aromatic carbocycles. The fourth-order valence-corrected chi connectivity index (χ4v) is 1.86. The van der Waals surface area contributed by atoms with E-state index in [1.54, 1.807) is 7.11 Å². The zero-order valence-corrected chi connectivity index (χ0v) is 9.03. The Labute approximate surface area is 90.4 Å². The molecule has 0 radical (unpaired) electrons. The summed E-state index contributed by atoms with van der Waals surface area (Å²) < 4.78 is 10.7. The quantitative estimate of drug-likeness (QED) is 0.759.